The summed E-state index contributed by atoms with van der Waals surface area (Å²) in [5.41, 5.74) is 0. The molecule has 0 heterocycles. The third-order valence-corrected chi connectivity index (χ3v) is 5.25. The number of rotatable bonds is 4. The minimum absolute atomic E-state index is 0.166. The molecule has 0 aromatic heterocycles. The summed E-state index contributed by atoms with van der Waals surface area (Å²) in [5.74, 6) is 0. The van der Waals surface area contributed by atoms with Crippen LogP contribution in [0.25, 0.3) is 0 Å². The zero-order valence-electron chi connectivity index (χ0n) is 11.4. The van der Waals surface area contributed by atoms with Gasteiger partial charge in [0.25, 0.3) is 0 Å². The lowest BCUT2D eigenvalue weighted by Crippen LogP contribution is -2.24. The van der Waals surface area contributed by atoms with Gasteiger partial charge < -0.3 is 9.05 Å². The van der Waals surface area contributed by atoms with Gasteiger partial charge in [-0.2, -0.15) is 0 Å². The second kappa shape index (κ2) is 6.64. The molecule has 2 saturated carbocycles. The normalized spacial score (nSPS) is 39.7. The first kappa shape index (κ1) is 15.4. The molecular weight excluding hydrogens is 273 g/mol. The van der Waals surface area contributed by atoms with Crippen LogP contribution in [-0.4, -0.2) is 31.2 Å². The highest BCUT2D eigenvalue weighted by Crippen LogP contribution is 2.50. The van der Waals surface area contributed by atoms with Crippen LogP contribution in [0, 0.1) is 0 Å². The second-order valence-electron chi connectivity index (χ2n) is 5.73. The summed E-state index contributed by atoms with van der Waals surface area (Å²) in [6, 6.07) is 0. The molecule has 0 radical (unpaired) electrons. The Morgan fingerprint density at radius 1 is 0.789 bits per heavy atom. The van der Waals surface area contributed by atoms with Gasteiger partial charge in [-0.05, 0) is 51.4 Å². The summed E-state index contributed by atoms with van der Waals surface area (Å²) in [6.07, 6.45) is 2.43. The molecule has 112 valence electrons. The van der Waals surface area contributed by atoms with Crippen molar-refractivity contribution in [2.75, 3.05) is 6.66 Å². The smallest absolute Gasteiger partial charge is 0.305 e. The lowest BCUT2D eigenvalue weighted by Gasteiger charge is -2.30. The fraction of sp³-hybridized carbons (Fsp3) is 1.00. The maximum atomic E-state index is 13.0. The van der Waals surface area contributed by atoms with E-state index in [9.17, 15) is 13.3 Å². The van der Waals surface area contributed by atoms with Crippen LogP contribution in [0.15, 0.2) is 0 Å². The van der Waals surface area contributed by atoms with Crippen LogP contribution >= 0.6 is 7.60 Å². The van der Waals surface area contributed by atoms with E-state index < -0.39 is 19.9 Å². The molecule has 19 heavy (non-hydrogen) atoms. The number of alkyl halides is 2. The molecule has 0 aromatic rings. The molecule has 0 aliphatic heterocycles. The molecule has 2 fully saturated rings. The molecule has 0 aromatic carbocycles. The van der Waals surface area contributed by atoms with Crippen molar-refractivity contribution in [3.05, 3.63) is 0 Å². The van der Waals surface area contributed by atoms with Gasteiger partial charge in [-0.15, -0.1) is 0 Å². The van der Waals surface area contributed by atoms with Gasteiger partial charge in [0.1, 0.15) is 12.3 Å². The number of hydrogen-bond donors (Lipinski definition) is 0. The molecule has 0 amide bonds. The van der Waals surface area contributed by atoms with Crippen LogP contribution in [-0.2, 0) is 13.6 Å². The average Bonchev–Trinajstić information content (AvgIpc) is 2.34. The molecule has 2 aliphatic carbocycles. The van der Waals surface area contributed by atoms with Gasteiger partial charge in [-0.25, -0.2) is 8.78 Å². The molecule has 0 saturated heterocycles. The van der Waals surface area contributed by atoms with Crippen molar-refractivity contribution < 1.29 is 22.4 Å². The summed E-state index contributed by atoms with van der Waals surface area (Å²) >= 11 is 0. The van der Waals surface area contributed by atoms with E-state index in [0.29, 0.717) is 51.4 Å². The lowest BCUT2D eigenvalue weighted by molar-refractivity contribution is 0.0578. The van der Waals surface area contributed by atoms with Crippen molar-refractivity contribution >= 4 is 7.60 Å². The number of hydrogen-bond acceptors (Lipinski definition) is 3. The van der Waals surface area contributed by atoms with Gasteiger partial charge in [0.2, 0.25) is 0 Å². The van der Waals surface area contributed by atoms with Crippen LogP contribution in [0.1, 0.15) is 51.4 Å². The summed E-state index contributed by atoms with van der Waals surface area (Å²) in [4.78, 5) is 0. The van der Waals surface area contributed by atoms with Crippen LogP contribution in [0.3, 0.4) is 0 Å². The molecule has 0 spiro atoms. The van der Waals surface area contributed by atoms with E-state index in [-0.39, 0.29) is 12.2 Å². The highest BCUT2D eigenvalue weighted by molar-refractivity contribution is 7.53. The van der Waals surface area contributed by atoms with Crippen molar-refractivity contribution in [2.45, 2.75) is 75.9 Å². The zero-order valence-corrected chi connectivity index (χ0v) is 12.3. The molecule has 2 rings (SSSR count). The Kier molecular flexibility index (Phi) is 5.38. The van der Waals surface area contributed by atoms with E-state index >= 15 is 0 Å². The zero-order chi connectivity index (χ0) is 13.9. The summed E-state index contributed by atoms with van der Waals surface area (Å²) in [6.45, 7) is 1.47. The molecule has 0 N–H and O–H groups in total. The summed E-state index contributed by atoms with van der Waals surface area (Å²) in [5, 5.41) is 0. The first-order valence-corrected chi connectivity index (χ1v) is 9.16. The SMILES string of the molecule is CP(=O)(OC1CCC(F)CC1)OC1CCC(F)CC1. The average molecular weight is 296 g/mol. The van der Waals surface area contributed by atoms with Crippen molar-refractivity contribution in [3.63, 3.8) is 0 Å². The molecular formula is C13H23F2O3P. The Bertz CT molecular complexity index is 296. The van der Waals surface area contributed by atoms with Crippen molar-refractivity contribution in [1.82, 2.24) is 0 Å². The fourth-order valence-corrected chi connectivity index (χ4v) is 4.38. The van der Waals surface area contributed by atoms with Gasteiger partial charge in [0.05, 0.1) is 12.2 Å². The topological polar surface area (TPSA) is 35.5 Å². The van der Waals surface area contributed by atoms with Gasteiger partial charge in [0.15, 0.2) is 0 Å². The van der Waals surface area contributed by atoms with E-state index in [1.54, 1.807) is 0 Å². The fourth-order valence-electron chi connectivity index (χ4n) is 2.82. The third-order valence-electron chi connectivity index (χ3n) is 3.89. The van der Waals surface area contributed by atoms with E-state index in [4.69, 9.17) is 9.05 Å². The van der Waals surface area contributed by atoms with Crippen molar-refractivity contribution in [3.8, 4) is 0 Å². The van der Waals surface area contributed by atoms with E-state index in [1.165, 1.54) is 6.66 Å². The standard InChI is InChI=1S/C13H23F2O3P/c1-19(16,17-12-6-2-10(14)3-7-12)18-13-8-4-11(15)5-9-13/h10-13H,2-9H2,1H3. The van der Waals surface area contributed by atoms with Gasteiger partial charge in [0, 0.05) is 6.66 Å². The summed E-state index contributed by atoms with van der Waals surface area (Å²) < 4.78 is 49.4. The van der Waals surface area contributed by atoms with Crippen LogP contribution < -0.4 is 0 Å². The monoisotopic (exact) mass is 296 g/mol. The number of halogens is 2. The quantitative estimate of drug-likeness (QED) is 0.721. The molecule has 6 heteroatoms. The maximum absolute atomic E-state index is 13.0. The molecule has 3 nitrogen and oxygen atoms in total. The largest absolute Gasteiger partial charge is 0.328 e. The predicted octanol–water partition coefficient (Wildman–Crippen LogP) is 4.40. The van der Waals surface area contributed by atoms with Gasteiger partial charge in [-0.3, -0.25) is 4.57 Å². The molecule has 0 atom stereocenters. The second-order valence-corrected chi connectivity index (χ2v) is 7.69. The predicted molar refractivity (Wildman–Crippen MR) is 70.0 cm³/mol. The van der Waals surface area contributed by atoms with Crippen molar-refractivity contribution in [1.29, 1.82) is 0 Å². The Morgan fingerprint density at radius 3 is 1.42 bits per heavy atom. The molecule has 2 aliphatic rings. The molecule has 0 bridgehead atoms. The van der Waals surface area contributed by atoms with E-state index in [1.807, 2.05) is 0 Å². The van der Waals surface area contributed by atoms with E-state index in [2.05, 4.69) is 0 Å². The van der Waals surface area contributed by atoms with Crippen LogP contribution in [0.5, 0.6) is 0 Å². The van der Waals surface area contributed by atoms with E-state index in [0.717, 1.165) is 0 Å². The van der Waals surface area contributed by atoms with Gasteiger partial charge >= 0.3 is 7.60 Å². The highest BCUT2D eigenvalue weighted by atomic mass is 31.2. The lowest BCUT2D eigenvalue weighted by atomic mass is 9.96. The Hall–Kier alpha value is 0.01000. The van der Waals surface area contributed by atoms with Crippen molar-refractivity contribution in [2.24, 2.45) is 0 Å². The van der Waals surface area contributed by atoms with Crippen LogP contribution in [0.4, 0.5) is 8.78 Å². The first-order chi connectivity index (χ1) is 8.94. The minimum Gasteiger partial charge on any atom is -0.305 e. The Balaban J connectivity index is 1.76. The highest BCUT2D eigenvalue weighted by Gasteiger charge is 2.31. The van der Waals surface area contributed by atoms with Gasteiger partial charge in [-0.1, -0.05) is 0 Å². The van der Waals surface area contributed by atoms with Crippen LogP contribution in [0.2, 0.25) is 0 Å². The minimum atomic E-state index is -3.11. The Labute approximate surface area is 113 Å². The summed E-state index contributed by atoms with van der Waals surface area (Å²) in [7, 11) is -3.11. The Morgan fingerprint density at radius 2 is 1.11 bits per heavy atom. The first-order valence-electron chi connectivity index (χ1n) is 7.17. The molecule has 0 unspecified atom stereocenters. The maximum Gasteiger partial charge on any atom is 0.328 e. The third kappa shape index (κ3) is 5.13.